The summed E-state index contributed by atoms with van der Waals surface area (Å²) in [4.78, 5) is 0. The summed E-state index contributed by atoms with van der Waals surface area (Å²) in [5.74, 6) is 0. The first-order chi connectivity index (χ1) is 7.56. The summed E-state index contributed by atoms with van der Waals surface area (Å²) in [6, 6.07) is 0.323. The fourth-order valence-electron chi connectivity index (χ4n) is 1.02. The molecule has 0 spiro atoms. The second-order valence-corrected chi connectivity index (χ2v) is 4.29. The van der Waals surface area contributed by atoms with Crippen LogP contribution in [0.2, 0.25) is 0 Å². The van der Waals surface area contributed by atoms with Crippen LogP contribution in [0.1, 0.15) is 20.8 Å². The molecule has 0 fully saturated rings. The minimum Gasteiger partial charge on any atom is -0.376 e. The van der Waals surface area contributed by atoms with E-state index in [1.54, 1.807) is 0 Å². The van der Waals surface area contributed by atoms with Gasteiger partial charge in [-0.3, -0.25) is 0 Å². The third-order valence-electron chi connectivity index (χ3n) is 2.05. The normalized spacial score (nSPS) is 17.1. The Morgan fingerprint density at radius 1 is 0.938 bits per heavy atom. The molecule has 0 heterocycles. The van der Waals surface area contributed by atoms with Gasteiger partial charge in [0.1, 0.15) is 18.7 Å². The summed E-state index contributed by atoms with van der Waals surface area (Å²) in [7, 11) is 0. The molecule has 98 valence electrons. The van der Waals surface area contributed by atoms with Crippen LogP contribution in [-0.4, -0.2) is 51.2 Å². The number of ether oxygens (including phenoxy) is 3. The Balaban J connectivity index is 3.24. The summed E-state index contributed by atoms with van der Waals surface area (Å²) >= 11 is 0. The molecule has 0 aromatic rings. The standard InChI is InChI=1S/C11H26N2O3/c1-9(13)7-16-11(3)8-14-4-5-15-10(2)6-12/h9-11H,4-8,12-13H2,1-3H3/p+2. The third kappa shape index (κ3) is 10.3. The van der Waals surface area contributed by atoms with Crippen molar-refractivity contribution in [2.24, 2.45) is 0 Å². The van der Waals surface area contributed by atoms with Gasteiger partial charge in [-0.2, -0.15) is 0 Å². The average Bonchev–Trinajstić information content (AvgIpc) is 2.25. The maximum atomic E-state index is 5.51. The van der Waals surface area contributed by atoms with E-state index >= 15 is 0 Å². The van der Waals surface area contributed by atoms with E-state index < -0.39 is 0 Å². The summed E-state index contributed by atoms with van der Waals surface area (Å²) < 4.78 is 16.4. The molecule has 0 aliphatic rings. The summed E-state index contributed by atoms with van der Waals surface area (Å²) in [5.41, 5.74) is 7.62. The van der Waals surface area contributed by atoms with Crippen molar-refractivity contribution in [2.45, 2.75) is 39.0 Å². The Morgan fingerprint density at radius 3 is 2.19 bits per heavy atom. The first-order valence-electron chi connectivity index (χ1n) is 5.99. The largest absolute Gasteiger partial charge is 0.376 e. The fraction of sp³-hybridized carbons (Fsp3) is 1.00. The van der Waals surface area contributed by atoms with Crippen molar-refractivity contribution in [2.75, 3.05) is 33.0 Å². The highest BCUT2D eigenvalue weighted by molar-refractivity contribution is 4.50. The molecule has 0 rings (SSSR count). The van der Waals surface area contributed by atoms with Crippen molar-refractivity contribution < 1.29 is 25.7 Å². The average molecular weight is 236 g/mol. The molecule has 3 unspecified atom stereocenters. The SMILES string of the molecule is CC([NH3+])COC(C)COCCOC(C)C[NH3+]. The van der Waals surface area contributed by atoms with Crippen LogP contribution in [0.15, 0.2) is 0 Å². The summed E-state index contributed by atoms with van der Waals surface area (Å²) in [6.07, 6.45) is 0.332. The van der Waals surface area contributed by atoms with Crippen LogP contribution in [-0.2, 0) is 14.2 Å². The van der Waals surface area contributed by atoms with Gasteiger partial charge in [-0.15, -0.1) is 0 Å². The maximum Gasteiger partial charge on any atom is 0.105 e. The molecule has 5 nitrogen and oxygen atoms in total. The van der Waals surface area contributed by atoms with Gasteiger partial charge >= 0.3 is 0 Å². The number of hydrogen-bond donors (Lipinski definition) is 2. The Hall–Kier alpha value is -0.200. The van der Waals surface area contributed by atoms with Gasteiger partial charge in [-0.25, -0.2) is 0 Å². The van der Waals surface area contributed by atoms with Gasteiger partial charge in [0.05, 0.1) is 32.5 Å². The lowest BCUT2D eigenvalue weighted by Crippen LogP contribution is -2.61. The smallest absolute Gasteiger partial charge is 0.105 e. The molecule has 0 aromatic heterocycles. The van der Waals surface area contributed by atoms with Gasteiger partial charge in [0.25, 0.3) is 0 Å². The van der Waals surface area contributed by atoms with Crippen molar-refractivity contribution in [3.63, 3.8) is 0 Å². The van der Waals surface area contributed by atoms with E-state index in [0.717, 1.165) is 6.54 Å². The lowest BCUT2D eigenvalue weighted by molar-refractivity contribution is -0.422. The van der Waals surface area contributed by atoms with Gasteiger partial charge in [0.2, 0.25) is 0 Å². The molecule has 6 N–H and O–H groups in total. The molecule has 0 amide bonds. The minimum absolute atomic E-state index is 0.120. The molecule has 0 radical (unpaired) electrons. The first kappa shape index (κ1) is 15.8. The zero-order chi connectivity index (χ0) is 12.4. The van der Waals surface area contributed by atoms with E-state index in [9.17, 15) is 0 Å². The predicted octanol–water partition coefficient (Wildman–Crippen LogP) is -1.31. The molecule has 0 bridgehead atoms. The van der Waals surface area contributed by atoms with Crippen LogP contribution >= 0.6 is 0 Å². The van der Waals surface area contributed by atoms with Gasteiger partial charge in [-0.1, -0.05) is 0 Å². The zero-order valence-electron chi connectivity index (χ0n) is 10.9. The van der Waals surface area contributed by atoms with Gasteiger partial charge in [0, 0.05) is 0 Å². The Bertz CT molecular complexity index is 156. The molecule has 0 saturated heterocycles. The highest BCUT2D eigenvalue weighted by Gasteiger charge is 2.05. The van der Waals surface area contributed by atoms with Crippen molar-refractivity contribution in [3.05, 3.63) is 0 Å². The molecular weight excluding hydrogens is 208 g/mol. The first-order valence-corrected chi connectivity index (χ1v) is 5.99. The highest BCUT2D eigenvalue weighted by Crippen LogP contribution is 1.93. The Morgan fingerprint density at radius 2 is 1.62 bits per heavy atom. The van der Waals surface area contributed by atoms with E-state index in [4.69, 9.17) is 14.2 Å². The minimum atomic E-state index is 0.120. The van der Waals surface area contributed by atoms with Crippen LogP contribution < -0.4 is 11.5 Å². The van der Waals surface area contributed by atoms with E-state index in [2.05, 4.69) is 11.5 Å². The Kier molecular flexibility index (Phi) is 9.86. The van der Waals surface area contributed by atoms with Gasteiger partial charge in [0.15, 0.2) is 0 Å². The van der Waals surface area contributed by atoms with E-state index in [1.807, 2.05) is 20.8 Å². The Labute approximate surface area is 98.4 Å². The van der Waals surface area contributed by atoms with E-state index in [1.165, 1.54) is 0 Å². The number of rotatable bonds is 10. The fourth-order valence-corrected chi connectivity index (χ4v) is 1.02. The van der Waals surface area contributed by atoms with Crippen LogP contribution in [0.25, 0.3) is 0 Å². The second-order valence-electron chi connectivity index (χ2n) is 4.29. The van der Waals surface area contributed by atoms with Crippen molar-refractivity contribution >= 4 is 0 Å². The number of quaternary nitrogens is 2. The van der Waals surface area contributed by atoms with Gasteiger partial charge in [-0.05, 0) is 20.8 Å². The van der Waals surface area contributed by atoms with Crippen LogP contribution in [0.4, 0.5) is 0 Å². The number of hydrogen-bond acceptors (Lipinski definition) is 3. The van der Waals surface area contributed by atoms with Crippen molar-refractivity contribution in [1.82, 2.24) is 0 Å². The molecule has 0 saturated carbocycles. The van der Waals surface area contributed by atoms with Crippen molar-refractivity contribution in [1.29, 1.82) is 0 Å². The topological polar surface area (TPSA) is 83.0 Å². The molecule has 3 atom stereocenters. The summed E-state index contributed by atoms with van der Waals surface area (Å²) in [6.45, 7) is 9.35. The summed E-state index contributed by atoms with van der Waals surface area (Å²) in [5, 5.41) is 0. The van der Waals surface area contributed by atoms with Crippen molar-refractivity contribution in [3.8, 4) is 0 Å². The van der Waals surface area contributed by atoms with Crippen LogP contribution in [0, 0.1) is 0 Å². The van der Waals surface area contributed by atoms with Crippen LogP contribution in [0.3, 0.4) is 0 Å². The second kappa shape index (κ2) is 9.99. The zero-order valence-corrected chi connectivity index (χ0v) is 10.9. The molecule has 0 aliphatic heterocycles. The van der Waals surface area contributed by atoms with E-state index in [0.29, 0.717) is 32.5 Å². The molecule has 0 aliphatic carbocycles. The lowest BCUT2D eigenvalue weighted by Gasteiger charge is -2.14. The lowest BCUT2D eigenvalue weighted by atomic mass is 10.4. The van der Waals surface area contributed by atoms with E-state index in [-0.39, 0.29) is 12.2 Å². The maximum absolute atomic E-state index is 5.51. The predicted molar refractivity (Wildman–Crippen MR) is 61.8 cm³/mol. The monoisotopic (exact) mass is 236 g/mol. The highest BCUT2D eigenvalue weighted by atomic mass is 16.5. The molecular formula is C11H28N2O3+2. The molecule has 16 heavy (non-hydrogen) atoms. The molecule has 5 heteroatoms. The van der Waals surface area contributed by atoms with Crippen LogP contribution in [0.5, 0.6) is 0 Å². The third-order valence-corrected chi connectivity index (χ3v) is 2.05. The molecule has 0 aromatic carbocycles. The quantitative estimate of drug-likeness (QED) is 0.462. The van der Waals surface area contributed by atoms with Gasteiger partial charge < -0.3 is 25.7 Å².